The Balaban J connectivity index is 0.000000145. The highest BCUT2D eigenvalue weighted by Gasteiger charge is 2.17. The zero-order valence-electron chi connectivity index (χ0n) is 18.9. The van der Waals surface area contributed by atoms with Gasteiger partial charge in [-0.1, -0.05) is 125 Å². The molecule has 0 amide bonds. The predicted molar refractivity (Wildman–Crippen MR) is 149 cm³/mol. The first kappa shape index (κ1) is 22.8. The lowest BCUT2D eigenvalue weighted by molar-refractivity contribution is 0.732. The molecule has 0 N–H and O–H groups in total. The summed E-state index contributed by atoms with van der Waals surface area (Å²) in [5.41, 5.74) is 5.07. The lowest BCUT2D eigenvalue weighted by Crippen LogP contribution is -2.20. The van der Waals surface area contributed by atoms with Crippen molar-refractivity contribution >= 4 is 39.8 Å². The average Bonchev–Trinajstić information content (AvgIpc) is 3.35. The summed E-state index contributed by atoms with van der Waals surface area (Å²) in [5, 5.41) is 9.60. The van der Waals surface area contributed by atoms with Crippen LogP contribution in [0.25, 0.3) is 5.69 Å². The Morgan fingerprint density at radius 1 is 0.647 bits per heavy atom. The number of hydrogen-bond acceptors (Lipinski definition) is 1. The zero-order valence-corrected chi connectivity index (χ0v) is 21.4. The molecule has 0 bridgehead atoms. The molecular weight excluding hydrogens is 499 g/mol. The van der Waals surface area contributed by atoms with Crippen LogP contribution in [0.3, 0.4) is 0 Å². The van der Waals surface area contributed by atoms with Crippen molar-refractivity contribution in [2.24, 2.45) is 0 Å². The topological polar surface area (TPSA) is 17.8 Å². The van der Waals surface area contributed by atoms with E-state index in [1.807, 2.05) is 0 Å². The highest BCUT2D eigenvalue weighted by atomic mass is 79.9. The number of alkyl halides is 1. The number of rotatable bonds is 4. The number of aromatic nitrogens is 2. The second kappa shape index (κ2) is 11.0. The standard InChI is InChI=1S/C18H15P.C12H11BrN2/c1-4-10-16(11-5-1)19(17-12-6-2-7-13-17)18-14-8-3-9-15-18;13-8-10-7-11-6-5-9-3-1-2-4-12(9)15(11)14-10/h1-15H;1-4,7H,5-6,8H2. The van der Waals surface area contributed by atoms with Crippen LogP contribution in [0.5, 0.6) is 0 Å². The highest BCUT2D eigenvalue weighted by molar-refractivity contribution is 9.08. The van der Waals surface area contributed by atoms with E-state index in [4.69, 9.17) is 0 Å². The summed E-state index contributed by atoms with van der Waals surface area (Å²) in [4.78, 5) is 0. The molecule has 34 heavy (non-hydrogen) atoms. The fourth-order valence-electron chi connectivity index (χ4n) is 4.30. The molecule has 0 unspecified atom stereocenters. The van der Waals surface area contributed by atoms with Crippen molar-refractivity contribution in [3.63, 3.8) is 0 Å². The van der Waals surface area contributed by atoms with Gasteiger partial charge in [0.1, 0.15) is 0 Å². The highest BCUT2D eigenvalue weighted by Crippen LogP contribution is 2.32. The van der Waals surface area contributed by atoms with Gasteiger partial charge in [-0.05, 0) is 54.4 Å². The fraction of sp³-hybridized carbons (Fsp3) is 0.100. The third-order valence-corrected chi connectivity index (χ3v) is 8.90. The van der Waals surface area contributed by atoms with E-state index in [0.717, 1.165) is 23.9 Å². The predicted octanol–water partition coefficient (Wildman–Crippen LogP) is 6.31. The van der Waals surface area contributed by atoms with Crippen LogP contribution in [0.2, 0.25) is 0 Å². The van der Waals surface area contributed by atoms with E-state index in [9.17, 15) is 0 Å². The van der Waals surface area contributed by atoms with E-state index in [1.54, 1.807) is 0 Å². The normalized spacial score (nSPS) is 11.8. The molecule has 0 spiro atoms. The first-order valence-corrected chi connectivity index (χ1v) is 14.0. The number of benzene rings is 4. The van der Waals surface area contributed by atoms with Crippen molar-refractivity contribution < 1.29 is 0 Å². The van der Waals surface area contributed by atoms with E-state index in [0.29, 0.717) is 0 Å². The molecule has 0 aliphatic carbocycles. The van der Waals surface area contributed by atoms with Crippen LogP contribution >= 0.6 is 23.9 Å². The van der Waals surface area contributed by atoms with Gasteiger partial charge in [-0.15, -0.1) is 0 Å². The van der Waals surface area contributed by atoms with Gasteiger partial charge < -0.3 is 0 Å². The fourth-order valence-corrected chi connectivity index (χ4v) is 6.88. The quantitative estimate of drug-likeness (QED) is 0.199. The third-order valence-electron chi connectivity index (χ3n) is 5.88. The summed E-state index contributed by atoms with van der Waals surface area (Å²) in [7, 11) is -0.446. The van der Waals surface area contributed by atoms with Crippen LogP contribution < -0.4 is 15.9 Å². The Morgan fingerprint density at radius 2 is 1.15 bits per heavy atom. The summed E-state index contributed by atoms with van der Waals surface area (Å²) in [6.07, 6.45) is 2.22. The minimum Gasteiger partial charge on any atom is -0.237 e. The number of hydrogen-bond donors (Lipinski definition) is 0. The molecule has 2 nitrogen and oxygen atoms in total. The maximum absolute atomic E-state index is 4.58. The Bertz CT molecular complexity index is 1240. The molecule has 2 heterocycles. The van der Waals surface area contributed by atoms with Gasteiger partial charge in [0.15, 0.2) is 0 Å². The molecule has 0 radical (unpaired) electrons. The molecule has 5 aromatic rings. The number of para-hydroxylation sites is 1. The van der Waals surface area contributed by atoms with Crippen molar-refractivity contribution in [1.82, 2.24) is 9.78 Å². The first-order valence-electron chi connectivity index (χ1n) is 11.5. The molecule has 4 aromatic carbocycles. The molecule has 1 aliphatic heterocycles. The summed E-state index contributed by atoms with van der Waals surface area (Å²) in [6.45, 7) is 0. The Labute approximate surface area is 211 Å². The van der Waals surface area contributed by atoms with Crippen molar-refractivity contribution in [3.8, 4) is 5.69 Å². The van der Waals surface area contributed by atoms with Gasteiger partial charge >= 0.3 is 0 Å². The molecular formula is C30H26BrN2P. The molecule has 0 saturated heterocycles. The minimum atomic E-state index is -0.446. The van der Waals surface area contributed by atoms with Gasteiger partial charge in [-0.25, -0.2) is 4.68 Å². The molecule has 168 valence electrons. The Kier molecular flexibility index (Phi) is 7.34. The Hall–Kier alpha value is -3.00. The van der Waals surface area contributed by atoms with Crippen LogP contribution in [-0.4, -0.2) is 9.78 Å². The Morgan fingerprint density at radius 3 is 1.68 bits per heavy atom. The van der Waals surface area contributed by atoms with Crippen LogP contribution in [0.4, 0.5) is 0 Å². The number of aryl methyl sites for hydroxylation is 2. The molecule has 0 fully saturated rings. The molecule has 1 aliphatic rings. The second-order valence-corrected chi connectivity index (χ2v) is 10.9. The van der Waals surface area contributed by atoms with Crippen molar-refractivity contribution in [3.05, 3.63) is 138 Å². The van der Waals surface area contributed by atoms with Gasteiger partial charge in [0.05, 0.1) is 11.4 Å². The second-order valence-electron chi connectivity index (χ2n) is 8.14. The molecule has 4 heteroatoms. The smallest absolute Gasteiger partial charge is 0.0737 e. The van der Waals surface area contributed by atoms with Gasteiger partial charge in [0, 0.05) is 11.0 Å². The van der Waals surface area contributed by atoms with Crippen LogP contribution in [0, 0.1) is 0 Å². The van der Waals surface area contributed by atoms with E-state index in [2.05, 4.69) is 147 Å². The van der Waals surface area contributed by atoms with E-state index in [-0.39, 0.29) is 0 Å². The SMILES string of the molecule is BrCc1cc2n(n1)-c1ccccc1CC2.c1ccc(P(c2ccccc2)c2ccccc2)cc1. The molecule has 0 atom stereocenters. The van der Waals surface area contributed by atoms with Crippen molar-refractivity contribution in [2.75, 3.05) is 0 Å². The van der Waals surface area contributed by atoms with Gasteiger partial charge in [-0.3, -0.25) is 0 Å². The third kappa shape index (κ3) is 5.06. The molecule has 0 saturated carbocycles. The maximum atomic E-state index is 4.58. The lowest BCUT2D eigenvalue weighted by atomic mass is 10.0. The molecule has 1 aromatic heterocycles. The summed E-state index contributed by atoms with van der Waals surface area (Å²) in [6, 6.07) is 43.0. The van der Waals surface area contributed by atoms with Crippen LogP contribution in [0.15, 0.2) is 121 Å². The summed E-state index contributed by atoms with van der Waals surface area (Å²) >= 11 is 3.45. The first-order chi connectivity index (χ1) is 16.8. The molecule has 6 rings (SSSR count). The van der Waals surface area contributed by atoms with E-state index in [1.165, 1.54) is 32.9 Å². The van der Waals surface area contributed by atoms with E-state index >= 15 is 0 Å². The number of nitrogens with zero attached hydrogens (tertiary/aromatic N) is 2. The van der Waals surface area contributed by atoms with Crippen molar-refractivity contribution in [1.29, 1.82) is 0 Å². The lowest BCUT2D eigenvalue weighted by Gasteiger charge is -2.18. The van der Waals surface area contributed by atoms with Crippen LogP contribution in [-0.2, 0) is 18.2 Å². The number of fused-ring (bicyclic) bond motifs is 3. The average molecular weight is 525 g/mol. The van der Waals surface area contributed by atoms with Gasteiger partial charge in [0.25, 0.3) is 0 Å². The van der Waals surface area contributed by atoms with E-state index < -0.39 is 7.92 Å². The number of halogens is 1. The zero-order chi connectivity index (χ0) is 23.2. The van der Waals surface area contributed by atoms with Gasteiger partial charge in [0.2, 0.25) is 0 Å². The summed E-state index contributed by atoms with van der Waals surface area (Å²) < 4.78 is 2.08. The largest absolute Gasteiger partial charge is 0.237 e. The van der Waals surface area contributed by atoms with Crippen LogP contribution in [0.1, 0.15) is 17.0 Å². The van der Waals surface area contributed by atoms with Crippen molar-refractivity contribution in [2.45, 2.75) is 18.2 Å². The summed E-state index contributed by atoms with van der Waals surface area (Å²) in [5.74, 6) is 0. The monoisotopic (exact) mass is 524 g/mol. The van der Waals surface area contributed by atoms with Gasteiger partial charge in [-0.2, -0.15) is 5.10 Å². The maximum Gasteiger partial charge on any atom is 0.0737 e. The minimum absolute atomic E-state index is 0.446.